The minimum Gasteiger partial charge on any atom is -0.494 e. The standard InChI is InChI=1S/C28H37ClN6O7/c1-28(2,3)42-27(39)35(4)13-8-12-30-23-22-18(25(38)32-24(22)34-26(33-23)40-5)16-31-17-10-11-19(29)20(15-17)41-14-7-6-9-21(36)37/h10-11,15-16,38H,6-9,12-14H2,1-5H3,(H,36,37)(H2,30,32,33,34). The molecular weight excluding hydrogens is 568 g/mol. The number of carboxylic acids is 1. The molecule has 0 saturated heterocycles. The Kier molecular flexibility index (Phi) is 11.2. The molecule has 228 valence electrons. The van der Waals surface area contributed by atoms with Gasteiger partial charge in [-0.25, -0.2) is 4.79 Å². The summed E-state index contributed by atoms with van der Waals surface area (Å²) in [6.45, 7) is 6.65. The molecule has 0 bridgehead atoms. The number of fused-ring (bicyclic) bond motifs is 1. The molecule has 0 unspecified atom stereocenters. The largest absolute Gasteiger partial charge is 0.494 e. The van der Waals surface area contributed by atoms with Crippen LogP contribution in [0.1, 0.15) is 52.0 Å². The number of ether oxygens (including phenoxy) is 3. The molecular formula is C28H37ClN6O7. The fourth-order valence-corrected chi connectivity index (χ4v) is 3.94. The van der Waals surface area contributed by atoms with Crippen molar-refractivity contribution in [2.24, 2.45) is 4.99 Å². The zero-order valence-electron chi connectivity index (χ0n) is 24.4. The Morgan fingerprint density at radius 2 is 1.98 bits per heavy atom. The van der Waals surface area contributed by atoms with Crippen molar-refractivity contribution in [3.05, 3.63) is 28.8 Å². The van der Waals surface area contributed by atoms with Gasteiger partial charge in [0.1, 0.15) is 22.8 Å². The molecule has 3 aromatic rings. The first kappa shape index (κ1) is 32.3. The van der Waals surface area contributed by atoms with Crippen molar-refractivity contribution in [1.29, 1.82) is 0 Å². The number of carboxylic acid groups (broad SMARTS) is 1. The summed E-state index contributed by atoms with van der Waals surface area (Å²) in [5.41, 5.74) is 0.635. The predicted molar refractivity (Wildman–Crippen MR) is 160 cm³/mol. The Balaban J connectivity index is 1.74. The first-order valence-electron chi connectivity index (χ1n) is 13.4. The smallest absolute Gasteiger partial charge is 0.410 e. The Hall–Kier alpha value is -4.26. The second-order valence-electron chi connectivity index (χ2n) is 10.4. The molecule has 3 rings (SSSR count). The third-order valence-electron chi connectivity index (χ3n) is 5.80. The van der Waals surface area contributed by atoms with Gasteiger partial charge >= 0.3 is 18.1 Å². The Morgan fingerprint density at radius 3 is 2.67 bits per heavy atom. The number of benzene rings is 1. The molecule has 0 saturated carbocycles. The summed E-state index contributed by atoms with van der Waals surface area (Å²) < 4.78 is 16.3. The highest BCUT2D eigenvalue weighted by molar-refractivity contribution is 6.32. The van der Waals surface area contributed by atoms with Crippen molar-refractivity contribution in [1.82, 2.24) is 19.9 Å². The van der Waals surface area contributed by atoms with Crippen molar-refractivity contribution in [3.8, 4) is 17.6 Å². The van der Waals surface area contributed by atoms with Crippen LogP contribution in [0.2, 0.25) is 5.02 Å². The van der Waals surface area contributed by atoms with E-state index >= 15 is 0 Å². The van der Waals surface area contributed by atoms with E-state index < -0.39 is 17.7 Å². The molecule has 0 spiro atoms. The highest BCUT2D eigenvalue weighted by Crippen LogP contribution is 2.33. The van der Waals surface area contributed by atoms with E-state index in [1.165, 1.54) is 18.2 Å². The van der Waals surface area contributed by atoms with E-state index in [-0.39, 0.29) is 18.3 Å². The fraction of sp³-hybridized carbons (Fsp3) is 0.464. The second-order valence-corrected chi connectivity index (χ2v) is 10.8. The Labute approximate surface area is 248 Å². The molecule has 2 aromatic heterocycles. The summed E-state index contributed by atoms with van der Waals surface area (Å²) in [7, 11) is 3.11. The molecule has 1 amide bonds. The van der Waals surface area contributed by atoms with E-state index in [9.17, 15) is 14.7 Å². The minimum atomic E-state index is -0.849. The molecule has 4 N–H and O–H groups in total. The number of H-pyrrole nitrogens is 1. The van der Waals surface area contributed by atoms with Crippen LogP contribution in [0, 0.1) is 0 Å². The maximum atomic E-state index is 12.2. The number of hydrogen-bond acceptors (Lipinski definition) is 10. The van der Waals surface area contributed by atoms with Crippen LogP contribution in [0.4, 0.5) is 16.3 Å². The molecule has 0 atom stereocenters. The van der Waals surface area contributed by atoms with Gasteiger partial charge in [-0.3, -0.25) is 9.79 Å². The van der Waals surface area contributed by atoms with Crippen LogP contribution in [0.5, 0.6) is 17.6 Å². The van der Waals surface area contributed by atoms with Crippen molar-refractivity contribution in [2.75, 3.05) is 39.2 Å². The van der Waals surface area contributed by atoms with Crippen LogP contribution in [-0.4, -0.2) is 87.8 Å². The minimum absolute atomic E-state index is 0.0745. The third kappa shape index (κ3) is 9.40. The lowest BCUT2D eigenvalue weighted by molar-refractivity contribution is -0.137. The predicted octanol–water partition coefficient (Wildman–Crippen LogP) is 5.38. The zero-order chi connectivity index (χ0) is 30.9. The lowest BCUT2D eigenvalue weighted by atomic mass is 10.2. The van der Waals surface area contributed by atoms with Crippen LogP contribution in [0.15, 0.2) is 23.2 Å². The number of anilines is 1. The van der Waals surface area contributed by atoms with Crippen molar-refractivity contribution in [2.45, 2.75) is 52.1 Å². The zero-order valence-corrected chi connectivity index (χ0v) is 25.1. The number of unbranched alkanes of at least 4 members (excludes halogenated alkanes) is 1. The fourth-order valence-electron chi connectivity index (χ4n) is 3.77. The number of carbonyl (C=O) groups is 2. The molecule has 1 aromatic carbocycles. The molecule has 13 nitrogen and oxygen atoms in total. The average Bonchev–Trinajstić information content (AvgIpc) is 3.24. The number of aromatic amines is 1. The highest BCUT2D eigenvalue weighted by Gasteiger charge is 2.20. The van der Waals surface area contributed by atoms with Crippen LogP contribution in [0.3, 0.4) is 0 Å². The summed E-state index contributed by atoms with van der Waals surface area (Å²) in [6.07, 6.45) is 2.80. The first-order chi connectivity index (χ1) is 19.9. The SMILES string of the molecule is COc1nc(NCCCN(C)C(=O)OC(C)(C)C)c2c(C=Nc3ccc(Cl)c(OCCCCC(=O)O)c3)c(O)[nH]c2n1. The van der Waals surface area contributed by atoms with Gasteiger partial charge in [-0.1, -0.05) is 11.6 Å². The van der Waals surface area contributed by atoms with Crippen molar-refractivity contribution >= 4 is 52.4 Å². The van der Waals surface area contributed by atoms with Crippen LogP contribution >= 0.6 is 11.6 Å². The summed E-state index contributed by atoms with van der Waals surface area (Å²) in [5, 5.41) is 23.6. The normalized spacial score (nSPS) is 11.6. The summed E-state index contributed by atoms with van der Waals surface area (Å²) >= 11 is 6.26. The number of halogens is 1. The van der Waals surface area contributed by atoms with Crippen LogP contribution < -0.4 is 14.8 Å². The number of methoxy groups -OCH3 is 1. The van der Waals surface area contributed by atoms with Gasteiger partial charge in [0.25, 0.3) is 0 Å². The van der Waals surface area contributed by atoms with Crippen LogP contribution in [-0.2, 0) is 9.53 Å². The second kappa shape index (κ2) is 14.6. The Morgan fingerprint density at radius 1 is 1.21 bits per heavy atom. The number of aromatic nitrogens is 3. The average molecular weight is 605 g/mol. The van der Waals surface area contributed by atoms with Gasteiger partial charge in [-0.2, -0.15) is 9.97 Å². The number of nitrogens with zero attached hydrogens (tertiary/aromatic N) is 4. The maximum Gasteiger partial charge on any atom is 0.410 e. The van der Waals surface area contributed by atoms with E-state index in [2.05, 4.69) is 25.3 Å². The number of aliphatic imine (C=N–C) groups is 1. The topological polar surface area (TPSA) is 171 Å². The number of amides is 1. The van der Waals surface area contributed by atoms with E-state index in [0.29, 0.717) is 77.8 Å². The molecule has 2 heterocycles. The summed E-state index contributed by atoms with van der Waals surface area (Å²) in [6, 6.07) is 5.10. The van der Waals surface area contributed by atoms with E-state index in [0.717, 1.165) is 0 Å². The van der Waals surface area contributed by atoms with E-state index in [1.54, 1.807) is 25.2 Å². The first-order valence-corrected chi connectivity index (χ1v) is 13.8. The molecule has 42 heavy (non-hydrogen) atoms. The highest BCUT2D eigenvalue weighted by atomic mass is 35.5. The Bertz CT molecular complexity index is 1420. The van der Waals surface area contributed by atoms with E-state index in [4.69, 9.17) is 30.9 Å². The molecule has 0 aliphatic heterocycles. The quantitative estimate of drug-likeness (QED) is 0.138. The number of aliphatic carboxylic acids is 1. The van der Waals surface area contributed by atoms with Gasteiger partial charge in [0.2, 0.25) is 0 Å². The number of aromatic hydroxyl groups is 1. The van der Waals surface area contributed by atoms with Gasteiger partial charge in [-0.05, 0) is 52.2 Å². The van der Waals surface area contributed by atoms with Crippen molar-refractivity contribution < 1.29 is 34.0 Å². The summed E-state index contributed by atoms with van der Waals surface area (Å²) in [4.78, 5) is 40.4. The van der Waals surface area contributed by atoms with Gasteiger partial charge in [0, 0.05) is 38.8 Å². The van der Waals surface area contributed by atoms with Gasteiger partial charge in [0.05, 0.1) is 35.4 Å². The van der Waals surface area contributed by atoms with Gasteiger partial charge in [-0.15, -0.1) is 0 Å². The number of carbonyl (C=O) groups excluding carboxylic acids is 1. The van der Waals surface area contributed by atoms with Crippen molar-refractivity contribution in [3.63, 3.8) is 0 Å². The van der Waals surface area contributed by atoms with Gasteiger partial charge in [0.15, 0.2) is 5.88 Å². The molecule has 0 fully saturated rings. The number of rotatable bonds is 14. The third-order valence-corrected chi connectivity index (χ3v) is 6.11. The lowest BCUT2D eigenvalue weighted by Gasteiger charge is -2.24. The molecule has 0 radical (unpaired) electrons. The molecule has 14 heteroatoms. The van der Waals surface area contributed by atoms with Gasteiger partial charge < -0.3 is 39.6 Å². The van der Waals surface area contributed by atoms with E-state index in [1.807, 2.05) is 20.8 Å². The van der Waals surface area contributed by atoms with Crippen LogP contribution in [0.25, 0.3) is 11.0 Å². The number of nitrogens with one attached hydrogen (secondary N) is 2. The maximum absolute atomic E-state index is 12.2. The molecule has 0 aliphatic rings. The molecule has 0 aliphatic carbocycles. The summed E-state index contributed by atoms with van der Waals surface area (Å²) in [5.74, 6) is -0.182. The number of hydrogen-bond donors (Lipinski definition) is 4. The lowest BCUT2D eigenvalue weighted by Crippen LogP contribution is -2.35. The monoisotopic (exact) mass is 604 g/mol.